The van der Waals surface area contributed by atoms with Gasteiger partial charge in [-0.05, 0) is 32.0 Å². The van der Waals surface area contributed by atoms with E-state index in [1.807, 2.05) is 0 Å². The number of H-pyrrole nitrogens is 1. The molecule has 0 spiro atoms. The Kier molecular flexibility index (Phi) is 2.87. The van der Waals surface area contributed by atoms with Crippen LogP contribution in [-0.4, -0.2) is 22.6 Å². The van der Waals surface area contributed by atoms with Gasteiger partial charge in [0.2, 0.25) is 0 Å². The number of hydrogen-bond donors (Lipinski definition) is 2. The van der Waals surface area contributed by atoms with Gasteiger partial charge in [0.15, 0.2) is 0 Å². The van der Waals surface area contributed by atoms with Gasteiger partial charge in [-0.1, -0.05) is 11.6 Å². The van der Waals surface area contributed by atoms with E-state index in [0.29, 0.717) is 11.0 Å². The topological polar surface area (TPSA) is 49.8 Å². The van der Waals surface area contributed by atoms with Crippen LogP contribution in [0.25, 0.3) is 11.0 Å². The van der Waals surface area contributed by atoms with Crippen molar-refractivity contribution in [2.75, 3.05) is 13.1 Å². The zero-order valence-electron chi connectivity index (χ0n) is 9.67. The maximum absolute atomic E-state index is 13.5. The van der Waals surface area contributed by atoms with Crippen LogP contribution in [0.1, 0.15) is 18.9 Å². The third kappa shape index (κ3) is 1.83. The Morgan fingerprint density at radius 3 is 2.78 bits per heavy atom. The molecular weight excluding hydrogens is 257 g/mol. The lowest BCUT2D eigenvalue weighted by atomic mass is 10.1. The lowest BCUT2D eigenvalue weighted by Crippen LogP contribution is -2.33. The zero-order chi connectivity index (χ0) is 12.7. The van der Waals surface area contributed by atoms with Crippen LogP contribution in [0, 0.1) is 5.82 Å². The van der Waals surface area contributed by atoms with Gasteiger partial charge in [0.1, 0.15) is 5.82 Å². The summed E-state index contributed by atoms with van der Waals surface area (Å²) < 4.78 is 15.2. The van der Waals surface area contributed by atoms with Gasteiger partial charge >= 0.3 is 5.69 Å². The standard InChI is InChI=1S/C12H13ClFN3O/c13-8-5-10-11(6-9(8)14)17(12(18)16-10)7-1-3-15-4-2-7/h5-7,15H,1-4H2,(H,16,18). The Morgan fingerprint density at radius 1 is 1.33 bits per heavy atom. The molecule has 1 saturated heterocycles. The monoisotopic (exact) mass is 269 g/mol. The summed E-state index contributed by atoms with van der Waals surface area (Å²) in [5.41, 5.74) is 0.984. The summed E-state index contributed by atoms with van der Waals surface area (Å²) in [4.78, 5) is 14.7. The van der Waals surface area contributed by atoms with Gasteiger partial charge in [0, 0.05) is 12.1 Å². The smallest absolute Gasteiger partial charge is 0.317 e. The molecule has 1 aromatic heterocycles. The summed E-state index contributed by atoms with van der Waals surface area (Å²) in [6.07, 6.45) is 1.74. The van der Waals surface area contributed by atoms with Gasteiger partial charge in [0.05, 0.1) is 16.1 Å². The maximum Gasteiger partial charge on any atom is 0.326 e. The lowest BCUT2D eigenvalue weighted by Gasteiger charge is -2.23. The number of rotatable bonds is 1. The van der Waals surface area contributed by atoms with E-state index < -0.39 is 5.82 Å². The third-order valence-corrected chi connectivity index (χ3v) is 3.72. The molecule has 1 fully saturated rings. The predicted molar refractivity (Wildman–Crippen MR) is 68.7 cm³/mol. The van der Waals surface area contributed by atoms with Crippen molar-refractivity contribution in [3.63, 3.8) is 0 Å². The zero-order valence-corrected chi connectivity index (χ0v) is 10.4. The molecule has 96 valence electrons. The van der Waals surface area contributed by atoms with Crippen LogP contribution in [-0.2, 0) is 0 Å². The summed E-state index contributed by atoms with van der Waals surface area (Å²) in [6, 6.07) is 2.91. The molecule has 6 heteroatoms. The van der Waals surface area contributed by atoms with Crippen LogP contribution < -0.4 is 11.0 Å². The highest BCUT2D eigenvalue weighted by Gasteiger charge is 2.20. The predicted octanol–water partition coefficient (Wildman–Crippen LogP) is 2.05. The normalized spacial score (nSPS) is 17.4. The van der Waals surface area contributed by atoms with Crippen LogP contribution in [0.2, 0.25) is 5.02 Å². The molecule has 1 aromatic carbocycles. The van der Waals surface area contributed by atoms with Crippen molar-refractivity contribution < 1.29 is 4.39 Å². The van der Waals surface area contributed by atoms with E-state index in [1.54, 1.807) is 4.57 Å². The number of benzene rings is 1. The Hall–Kier alpha value is -1.33. The summed E-state index contributed by atoms with van der Waals surface area (Å²) in [7, 11) is 0. The van der Waals surface area contributed by atoms with Crippen molar-refractivity contribution in [3.8, 4) is 0 Å². The van der Waals surface area contributed by atoms with Gasteiger partial charge in [-0.15, -0.1) is 0 Å². The molecule has 2 N–H and O–H groups in total. The van der Waals surface area contributed by atoms with Crippen molar-refractivity contribution in [2.24, 2.45) is 0 Å². The summed E-state index contributed by atoms with van der Waals surface area (Å²) in [5.74, 6) is -0.495. The minimum absolute atomic E-state index is 0.0289. The fourth-order valence-corrected chi connectivity index (χ4v) is 2.71. The van der Waals surface area contributed by atoms with E-state index >= 15 is 0 Å². The number of piperidine rings is 1. The Morgan fingerprint density at radius 2 is 2.06 bits per heavy atom. The molecular formula is C12H13ClFN3O. The van der Waals surface area contributed by atoms with Crippen molar-refractivity contribution >= 4 is 22.6 Å². The first-order valence-corrected chi connectivity index (χ1v) is 6.34. The van der Waals surface area contributed by atoms with Crippen LogP contribution in [0.5, 0.6) is 0 Å². The van der Waals surface area contributed by atoms with E-state index in [2.05, 4.69) is 10.3 Å². The number of nitrogens with zero attached hydrogens (tertiary/aromatic N) is 1. The number of aromatic nitrogens is 2. The molecule has 1 aliphatic heterocycles. The van der Waals surface area contributed by atoms with Gasteiger partial charge in [-0.25, -0.2) is 9.18 Å². The van der Waals surface area contributed by atoms with Gasteiger partial charge in [-0.2, -0.15) is 0 Å². The van der Waals surface area contributed by atoms with Gasteiger partial charge in [0.25, 0.3) is 0 Å². The first kappa shape index (κ1) is 11.7. The molecule has 4 nitrogen and oxygen atoms in total. The number of aromatic amines is 1. The number of imidazole rings is 1. The second-order valence-corrected chi connectivity index (χ2v) is 4.97. The molecule has 0 atom stereocenters. The van der Waals surface area contributed by atoms with E-state index in [9.17, 15) is 9.18 Å². The van der Waals surface area contributed by atoms with E-state index in [-0.39, 0.29) is 16.8 Å². The van der Waals surface area contributed by atoms with Gasteiger partial charge < -0.3 is 10.3 Å². The molecule has 2 heterocycles. The van der Waals surface area contributed by atoms with E-state index in [4.69, 9.17) is 11.6 Å². The van der Waals surface area contributed by atoms with Crippen LogP contribution in [0.4, 0.5) is 4.39 Å². The fraction of sp³-hybridized carbons (Fsp3) is 0.417. The fourth-order valence-electron chi connectivity index (χ4n) is 2.55. The second-order valence-electron chi connectivity index (χ2n) is 4.56. The highest BCUT2D eigenvalue weighted by molar-refractivity contribution is 6.31. The minimum atomic E-state index is -0.495. The molecule has 0 saturated carbocycles. The van der Waals surface area contributed by atoms with Crippen molar-refractivity contribution in [2.45, 2.75) is 18.9 Å². The minimum Gasteiger partial charge on any atom is -0.317 e. The number of hydrogen-bond acceptors (Lipinski definition) is 2. The molecule has 3 rings (SSSR count). The molecule has 18 heavy (non-hydrogen) atoms. The number of halogens is 2. The molecule has 0 bridgehead atoms. The Balaban J connectivity index is 2.18. The average Bonchev–Trinajstić information content (AvgIpc) is 2.66. The largest absolute Gasteiger partial charge is 0.326 e. The molecule has 2 aromatic rings. The van der Waals surface area contributed by atoms with Crippen LogP contribution >= 0.6 is 11.6 Å². The summed E-state index contributed by atoms with van der Waals surface area (Å²) in [5, 5.41) is 3.27. The highest BCUT2D eigenvalue weighted by Crippen LogP contribution is 2.25. The molecule has 0 unspecified atom stereocenters. The summed E-state index contributed by atoms with van der Waals surface area (Å²) in [6.45, 7) is 1.75. The van der Waals surface area contributed by atoms with E-state index in [1.165, 1.54) is 12.1 Å². The quantitative estimate of drug-likeness (QED) is 0.832. The molecule has 0 amide bonds. The average molecular weight is 270 g/mol. The van der Waals surface area contributed by atoms with Crippen LogP contribution in [0.3, 0.4) is 0 Å². The van der Waals surface area contributed by atoms with Gasteiger partial charge in [-0.3, -0.25) is 4.57 Å². The SMILES string of the molecule is O=c1[nH]c2cc(Cl)c(F)cc2n1C1CCNCC1. The van der Waals surface area contributed by atoms with E-state index in [0.717, 1.165) is 25.9 Å². The first-order valence-electron chi connectivity index (χ1n) is 5.97. The van der Waals surface area contributed by atoms with Crippen molar-refractivity contribution in [1.82, 2.24) is 14.9 Å². The molecule has 0 aliphatic carbocycles. The lowest BCUT2D eigenvalue weighted by molar-refractivity contribution is 0.368. The maximum atomic E-state index is 13.5. The number of fused-ring (bicyclic) bond motifs is 1. The van der Waals surface area contributed by atoms with Crippen molar-refractivity contribution in [1.29, 1.82) is 0 Å². The third-order valence-electron chi connectivity index (χ3n) is 3.43. The Bertz CT molecular complexity index is 643. The first-order chi connectivity index (χ1) is 8.66. The van der Waals surface area contributed by atoms with Crippen LogP contribution in [0.15, 0.2) is 16.9 Å². The second kappa shape index (κ2) is 4.40. The molecule has 1 aliphatic rings. The highest BCUT2D eigenvalue weighted by atomic mass is 35.5. The summed E-state index contributed by atoms with van der Waals surface area (Å²) >= 11 is 5.72. The molecule has 0 radical (unpaired) electrons. The van der Waals surface area contributed by atoms with Crippen molar-refractivity contribution in [3.05, 3.63) is 33.5 Å². The number of nitrogens with one attached hydrogen (secondary N) is 2. The Labute approximate surface area is 108 Å².